The molecule has 0 bridgehead atoms. The Kier molecular flexibility index (Phi) is 3.52. The van der Waals surface area contributed by atoms with Crippen LogP contribution in [0.15, 0.2) is 47.6 Å². The monoisotopic (exact) mass is 254 g/mol. The van der Waals surface area contributed by atoms with Gasteiger partial charge in [-0.25, -0.2) is 0 Å². The Labute approximate surface area is 113 Å². The molecule has 0 unspecified atom stereocenters. The van der Waals surface area contributed by atoms with E-state index in [1.54, 1.807) is 0 Å². The average molecular weight is 254 g/mol. The Morgan fingerprint density at radius 2 is 1.84 bits per heavy atom. The van der Waals surface area contributed by atoms with Gasteiger partial charge in [-0.2, -0.15) is 0 Å². The second-order valence-electron chi connectivity index (χ2n) is 5.55. The van der Waals surface area contributed by atoms with Crippen LogP contribution in [0.2, 0.25) is 0 Å². The summed E-state index contributed by atoms with van der Waals surface area (Å²) in [4.78, 5) is 22.8. The highest BCUT2D eigenvalue weighted by Gasteiger charge is 2.33. The zero-order valence-electron chi connectivity index (χ0n) is 11.6. The molecule has 0 N–H and O–H groups in total. The van der Waals surface area contributed by atoms with Crippen LogP contribution >= 0.6 is 0 Å². The molecule has 0 aromatic heterocycles. The Morgan fingerprint density at radius 3 is 2.42 bits per heavy atom. The molecular formula is C17H18O2. The van der Waals surface area contributed by atoms with Gasteiger partial charge in [0, 0.05) is 5.57 Å². The maximum atomic E-state index is 11.9. The first-order valence-electron chi connectivity index (χ1n) is 6.44. The van der Waals surface area contributed by atoms with Gasteiger partial charge in [-0.15, -0.1) is 0 Å². The molecular weight excluding hydrogens is 236 g/mol. The molecule has 98 valence electrons. The molecule has 0 radical (unpaired) electrons. The molecule has 0 atom stereocenters. The summed E-state index contributed by atoms with van der Waals surface area (Å²) < 4.78 is 0. The molecule has 2 nitrogen and oxygen atoms in total. The lowest BCUT2D eigenvalue weighted by atomic mass is 9.71. The molecule has 0 amide bonds. The smallest absolute Gasteiger partial charge is 0.222 e. The minimum absolute atomic E-state index is 0.277. The maximum Gasteiger partial charge on any atom is 0.222 e. The van der Waals surface area contributed by atoms with Gasteiger partial charge in [0.1, 0.15) is 0 Å². The fraction of sp³-hybridized carbons (Fsp3) is 0.294. The van der Waals surface area contributed by atoms with Crippen LogP contribution in [0.1, 0.15) is 32.8 Å². The van der Waals surface area contributed by atoms with Crippen LogP contribution in [0, 0.1) is 5.41 Å². The van der Waals surface area contributed by atoms with E-state index in [0.29, 0.717) is 11.9 Å². The van der Waals surface area contributed by atoms with Crippen molar-refractivity contribution in [1.82, 2.24) is 0 Å². The Morgan fingerprint density at radius 1 is 1.21 bits per heavy atom. The highest BCUT2D eigenvalue weighted by Crippen LogP contribution is 2.42. The molecule has 1 aromatic rings. The molecule has 2 rings (SSSR count). The number of aldehydes is 1. The lowest BCUT2D eigenvalue weighted by Crippen LogP contribution is -2.26. The maximum absolute atomic E-state index is 11.9. The first-order chi connectivity index (χ1) is 8.97. The van der Waals surface area contributed by atoms with Crippen molar-refractivity contribution < 1.29 is 9.59 Å². The van der Waals surface area contributed by atoms with Crippen molar-refractivity contribution in [3.05, 3.63) is 53.1 Å². The number of ketones is 1. The predicted octanol–water partition coefficient (Wildman–Crippen LogP) is 3.58. The first-order valence-corrected chi connectivity index (χ1v) is 6.44. The number of hydrogen-bond acceptors (Lipinski definition) is 2. The molecule has 1 aliphatic rings. The summed E-state index contributed by atoms with van der Waals surface area (Å²) >= 11 is 0. The van der Waals surface area contributed by atoms with Crippen molar-refractivity contribution in [3.63, 3.8) is 0 Å². The number of carbonyl (C=O) groups is 2. The number of rotatable bonds is 3. The van der Waals surface area contributed by atoms with Crippen molar-refractivity contribution in [2.75, 3.05) is 0 Å². The minimum Gasteiger partial charge on any atom is -0.294 e. The van der Waals surface area contributed by atoms with Gasteiger partial charge in [-0.3, -0.25) is 9.59 Å². The van der Waals surface area contributed by atoms with Gasteiger partial charge in [0.05, 0.1) is 0 Å². The highest BCUT2D eigenvalue weighted by molar-refractivity contribution is 6.34. The third-order valence-corrected chi connectivity index (χ3v) is 3.71. The van der Waals surface area contributed by atoms with E-state index >= 15 is 0 Å². The van der Waals surface area contributed by atoms with Gasteiger partial charge < -0.3 is 0 Å². The van der Waals surface area contributed by atoms with E-state index < -0.39 is 5.78 Å². The lowest BCUT2D eigenvalue weighted by molar-refractivity contribution is -0.128. The largest absolute Gasteiger partial charge is 0.294 e. The normalized spacial score (nSPS) is 17.9. The average Bonchev–Trinajstić information content (AvgIpc) is 2.39. The summed E-state index contributed by atoms with van der Waals surface area (Å²) in [6, 6.07) is 9.97. The summed E-state index contributed by atoms with van der Waals surface area (Å²) in [5, 5.41) is 0. The SMILES string of the molecule is CC1=C(C(=O)C=O)C(C)(C)CC=C1c1ccccc1. The molecule has 0 heterocycles. The fourth-order valence-electron chi connectivity index (χ4n) is 2.78. The van der Waals surface area contributed by atoms with Crippen LogP contribution < -0.4 is 0 Å². The molecule has 0 saturated heterocycles. The number of Topliss-reactive ketones (excluding diaryl/α,β-unsaturated/α-hetero) is 1. The predicted molar refractivity (Wildman–Crippen MR) is 76.6 cm³/mol. The second-order valence-corrected chi connectivity index (χ2v) is 5.55. The fourth-order valence-corrected chi connectivity index (χ4v) is 2.78. The van der Waals surface area contributed by atoms with Gasteiger partial charge in [0.25, 0.3) is 0 Å². The number of hydrogen-bond donors (Lipinski definition) is 0. The van der Waals surface area contributed by atoms with Gasteiger partial charge in [-0.1, -0.05) is 50.3 Å². The Hall–Kier alpha value is -1.96. The van der Waals surface area contributed by atoms with E-state index in [9.17, 15) is 9.59 Å². The van der Waals surface area contributed by atoms with E-state index in [-0.39, 0.29) is 5.41 Å². The summed E-state index contributed by atoms with van der Waals surface area (Å²) in [6.45, 7) is 5.94. The van der Waals surface area contributed by atoms with E-state index in [2.05, 4.69) is 6.08 Å². The third-order valence-electron chi connectivity index (χ3n) is 3.71. The molecule has 1 aromatic carbocycles. The zero-order valence-corrected chi connectivity index (χ0v) is 11.6. The van der Waals surface area contributed by atoms with Crippen molar-refractivity contribution in [1.29, 1.82) is 0 Å². The van der Waals surface area contributed by atoms with Crippen molar-refractivity contribution in [2.45, 2.75) is 27.2 Å². The van der Waals surface area contributed by atoms with E-state index in [0.717, 1.165) is 23.1 Å². The minimum atomic E-state index is -0.399. The van der Waals surface area contributed by atoms with Gasteiger partial charge >= 0.3 is 0 Å². The standard InChI is InChI=1S/C17H18O2/c1-12-14(13-7-5-4-6-8-13)9-10-17(2,3)16(12)15(19)11-18/h4-9,11H,10H2,1-3H3. The second kappa shape index (κ2) is 4.96. The quantitative estimate of drug-likeness (QED) is 0.610. The van der Waals surface area contributed by atoms with Crippen LogP contribution in [0.4, 0.5) is 0 Å². The Bertz CT molecular complexity index is 575. The molecule has 2 heteroatoms. The molecule has 0 fully saturated rings. The van der Waals surface area contributed by atoms with E-state index in [1.807, 2.05) is 51.1 Å². The van der Waals surface area contributed by atoms with Gasteiger partial charge in [0.2, 0.25) is 5.78 Å². The molecule has 0 aliphatic heterocycles. The van der Waals surface area contributed by atoms with Crippen LogP contribution in [-0.2, 0) is 9.59 Å². The van der Waals surface area contributed by atoms with Crippen LogP contribution in [0.3, 0.4) is 0 Å². The lowest BCUT2D eigenvalue weighted by Gasteiger charge is -2.32. The van der Waals surface area contributed by atoms with Crippen molar-refractivity contribution >= 4 is 17.6 Å². The van der Waals surface area contributed by atoms with Gasteiger partial charge in [-0.05, 0) is 35.5 Å². The number of allylic oxidation sites excluding steroid dienone is 4. The van der Waals surface area contributed by atoms with Crippen molar-refractivity contribution in [2.24, 2.45) is 5.41 Å². The van der Waals surface area contributed by atoms with Gasteiger partial charge in [0.15, 0.2) is 6.29 Å². The third kappa shape index (κ3) is 2.43. The number of benzene rings is 1. The molecule has 1 aliphatic carbocycles. The summed E-state index contributed by atoms with van der Waals surface area (Å²) in [5.74, 6) is -0.399. The molecule has 19 heavy (non-hydrogen) atoms. The summed E-state index contributed by atoms with van der Waals surface area (Å²) in [6.07, 6.45) is 3.35. The highest BCUT2D eigenvalue weighted by atomic mass is 16.2. The van der Waals surface area contributed by atoms with E-state index in [4.69, 9.17) is 0 Å². The van der Waals surface area contributed by atoms with Crippen molar-refractivity contribution in [3.8, 4) is 0 Å². The first kappa shape index (κ1) is 13.5. The number of carbonyl (C=O) groups excluding carboxylic acids is 2. The summed E-state index contributed by atoms with van der Waals surface area (Å²) in [7, 11) is 0. The Balaban J connectivity index is 2.56. The van der Waals surface area contributed by atoms with Crippen LogP contribution in [0.25, 0.3) is 5.57 Å². The molecule has 0 saturated carbocycles. The zero-order chi connectivity index (χ0) is 14.0. The molecule has 0 spiro atoms. The van der Waals surface area contributed by atoms with E-state index in [1.165, 1.54) is 0 Å². The topological polar surface area (TPSA) is 34.1 Å². The van der Waals surface area contributed by atoms with Crippen LogP contribution in [0.5, 0.6) is 0 Å². The van der Waals surface area contributed by atoms with Crippen LogP contribution in [-0.4, -0.2) is 12.1 Å². The summed E-state index contributed by atoms with van der Waals surface area (Å²) in [5.41, 5.74) is 3.43.